The quantitative estimate of drug-likeness (QED) is 0.703. The molecule has 96 valence electrons. The zero-order valence-corrected chi connectivity index (χ0v) is 14.7. The molecule has 2 rings (SSSR count). The van der Waals surface area contributed by atoms with Crippen LogP contribution in [-0.4, -0.2) is 0 Å². The molecule has 2 aromatic rings. The van der Waals surface area contributed by atoms with Gasteiger partial charge < -0.3 is 0 Å². The standard InChI is InChI=1S/C18H24.Na/c1-3-5-9-15-13-14-16-10-7-8-12-18(16)17(15)11-6-4-2;/h7-8,10,12-14H,3-6,9,11H2,1-2H3;/q;+1. The molecule has 19 heavy (non-hydrogen) atoms. The van der Waals surface area contributed by atoms with E-state index >= 15 is 0 Å². The zero-order valence-electron chi connectivity index (χ0n) is 12.7. The van der Waals surface area contributed by atoms with E-state index in [1.54, 1.807) is 11.1 Å². The van der Waals surface area contributed by atoms with Gasteiger partial charge in [0.2, 0.25) is 0 Å². The Hall–Kier alpha value is -0.300. The molecule has 0 unspecified atom stereocenters. The average Bonchev–Trinajstić information content (AvgIpc) is 2.43. The van der Waals surface area contributed by atoms with Gasteiger partial charge in [0.25, 0.3) is 0 Å². The molecule has 0 heterocycles. The predicted molar refractivity (Wildman–Crippen MR) is 81.2 cm³/mol. The third-order valence-corrected chi connectivity index (χ3v) is 3.72. The molecule has 0 aliphatic carbocycles. The third kappa shape index (κ3) is 4.34. The molecule has 0 fully saturated rings. The molecule has 1 heteroatoms. The van der Waals surface area contributed by atoms with E-state index in [-0.39, 0.29) is 29.6 Å². The van der Waals surface area contributed by atoms with Gasteiger partial charge in [0.05, 0.1) is 0 Å². The normalized spacial score (nSPS) is 10.4. The molecule has 0 N–H and O–H groups in total. The van der Waals surface area contributed by atoms with Crippen LogP contribution in [0.15, 0.2) is 36.4 Å². The van der Waals surface area contributed by atoms with Crippen molar-refractivity contribution in [1.29, 1.82) is 0 Å². The largest absolute Gasteiger partial charge is 1.00 e. The van der Waals surface area contributed by atoms with E-state index in [4.69, 9.17) is 0 Å². The Balaban J connectivity index is 0.00000180. The second-order valence-electron chi connectivity index (χ2n) is 5.13. The molecule has 0 aliphatic rings. The Bertz CT molecular complexity index is 502. The molecule has 2 aromatic carbocycles. The topological polar surface area (TPSA) is 0 Å². The van der Waals surface area contributed by atoms with Crippen molar-refractivity contribution in [2.75, 3.05) is 0 Å². The summed E-state index contributed by atoms with van der Waals surface area (Å²) in [4.78, 5) is 0. The molecule has 0 radical (unpaired) electrons. The summed E-state index contributed by atoms with van der Waals surface area (Å²) in [6, 6.07) is 13.5. The third-order valence-electron chi connectivity index (χ3n) is 3.72. The molecular weight excluding hydrogens is 239 g/mol. The number of fused-ring (bicyclic) bond motifs is 1. The van der Waals surface area contributed by atoms with Crippen LogP contribution in [0.4, 0.5) is 0 Å². The first-order valence-electron chi connectivity index (χ1n) is 7.36. The molecule has 0 atom stereocenters. The SMILES string of the molecule is CCCCc1ccc2ccccc2c1CCCC.[Na+]. The van der Waals surface area contributed by atoms with E-state index in [1.165, 1.54) is 49.3 Å². The maximum absolute atomic E-state index is 2.35. The van der Waals surface area contributed by atoms with Crippen LogP contribution < -0.4 is 29.6 Å². The van der Waals surface area contributed by atoms with Crippen LogP contribution in [0.25, 0.3) is 10.8 Å². The summed E-state index contributed by atoms with van der Waals surface area (Å²) in [7, 11) is 0. The van der Waals surface area contributed by atoms with Gasteiger partial charge in [-0.15, -0.1) is 0 Å². The fourth-order valence-corrected chi connectivity index (χ4v) is 2.63. The zero-order chi connectivity index (χ0) is 12.8. The molecule has 0 bridgehead atoms. The summed E-state index contributed by atoms with van der Waals surface area (Å²) in [6.07, 6.45) is 7.62. The van der Waals surface area contributed by atoms with Gasteiger partial charge in [-0.25, -0.2) is 0 Å². The van der Waals surface area contributed by atoms with E-state index in [1.807, 2.05) is 0 Å². The van der Waals surface area contributed by atoms with Crippen LogP contribution in [0.2, 0.25) is 0 Å². The van der Waals surface area contributed by atoms with Crippen LogP contribution >= 0.6 is 0 Å². The summed E-state index contributed by atoms with van der Waals surface area (Å²) in [6.45, 7) is 4.55. The molecule has 0 spiro atoms. The van der Waals surface area contributed by atoms with Crippen molar-refractivity contribution >= 4 is 10.8 Å². The number of unbranched alkanes of at least 4 members (excludes halogenated alkanes) is 2. The molecular formula is C18H24Na+. The van der Waals surface area contributed by atoms with Gasteiger partial charge in [0.15, 0.2) is 0 Å². The summed E-state index contributed by atoms with van der Waals surface area (Å²) in [5.41, 5.74) is 3.17. The molecule has 0 nitrogen and oxygen atoms in total. The number of benzene rings is 2. The second kappa shape index (κ2) is 8.79. The molecule has 0 saturated heterocycles. The van der Waals surface area contributed by atoms with Crippen molar-refractivity contribution in [2.24, 2.45) is 0 Å². The molecule has 0 saturated carbocycles. The van der Waals surface area contributed by atoms with Crippen LogP contribution in [0.5, 0.6) is 0 Å². The maximum atomic E-state index is 2.35. The van der Waals surface area contributed by atoms with E-state index in [2.05, 4.69) is 50.2 Å². The summed E-state index contributed by atoms with van der Waals surface area (Å²) >= 11 is 0. The summed E-state index contributed by atoms with van der Waals surface area (Å²) in [5.74, 6) is 0. The first-order valence-corrected chi connectivity index (χ1v) is 7.36. The number of hydrogen-bond donors (Lipinski definition) is 0. The van der Waals surface area contributed by atoms with Gasteiger partial charge in [-0.05, 0) is 47.6 Å². The fraction of sp³-hybridized carbons (Fsp3) is 0.444. The van der Waals surface area contributed by atoms with Crippen LogP contribution in [0.3, 0.4) is 0 Å². The second-order valence-corrected chi connectivity index (χ2v) is 5.13. The number of rotatable bonds is 6. The monoisotopic (exact) mass is 263 g/mol. The van der Waals surface area contributed by atoms with Gasteiger partial charge in [-0.3, -0.25) is 0 Å². The Morgan fingerprint density at radius 1 is 0.789 bits per heavy atom. The average molecular weight is 263 g/mol. The van der Waals surface area contributed by atoms with Crippen LogP contribution in [-0.2, 0) is 12.8 Å². The summed E-state index contributed by atoms with van der Waals surface area (Å²) < 4.78 is 0. The van der Waals surface area contributed by atoms with Gasteiger partial charge in [-0.1, -0.05) is 63.1 Å². The van der Waals surface area contributed by atoms with Crippen LogP contribution in [0.1, 0.15) is 50.7 Å². The Labute approximate surface area is 139 Å². The predicted octanol–water partition coefficient (Wildman–Crippen LogP) is 2.53. The van der Waals surface area contributed by atoms with Crippen molar-refractivity contribution < 1.29 is 29.6 Å². The minimum Gasteiger partial charge on any atom is -0.0654 e. The van der Waals surface area contributed by atoms with Gasteiger partial charge in [0.1, 0.15) is 0 Å². The smallest absolute Gasteiger partial charge is 0.0654 e. The summed E-state index contributed by atoms with van der Waals surface area (Å²) in [5, 5.41) is 2.86. The van der Waals surface area contributed by atoms with E-state index in [0.29, 0.717) is 0 Å². The van der Waals surface area contributed by atoms with E-state index < -0.39 is 0 Å². The maximum Gasteiger partial charge on any atom is 1.00 e. The first kappa shape index (κ1) is 16.8. The van der Waals surface area contributed by atoms with Crippen molar-refractivity contribution in [2.45, 2.75) is 52.4 Å². The molecule has 0 aliphatic heterocycles. The minimum atomic E-state index is 0. The van der Waals surface area contributed by atoms with Crippen molar-refractivity contribution in [1.82, 2.24) is 0 Å². The fourth-order valence-electron chi connectivity index (χ4n) is 2.63. The number of hydrogen-bond acceptors (Lipinski definition) is 0. The van der Waals surface area contributed by atoms with Gasteiger partial charge in [0, 0.05) is 0 Å². The minimum absolute atomic E-state index is 0. The Morgan fingerprint density at radius 2 is 1.47 bits per heavy atom. The molecule has 0 amide bonds. The Kier molecular flexibility index (Phi) is 7.75. The first-order chi connectivity index (χ1) is 8.86. The van der Waals surface area contributed by atoms with E-state index in [9.17, 15) is 0 Å². The van der Waals surface area contributed by atoms with E-state index in [0.717, 1.165) is 0 Å². The van der Waals surface area contributed by atoms with Crippen LogP contribution in [0, 0.1) is 0 Å². The Morgan fingerprint density at radius 3 is 2.21 bits per heavy atom. The molecule has 0 aromatic heterocycles. The van der Waals surface area contributed by atoms with Crippen molar-refractivity contribution in [3.05, 3.63) is 47.5 Å². The van der Waals surface area contributed by atoms with Gasteiger partial charge >= 0.3 is 29.6 Å². The van der Waals surface area contributed by atoms with Gasteiger partial charge in [-0.2, -0.15) is 0 Å². The number of aryl methyl sites for hydroxylation is 2. The van der Waals surface area contributed by atoms with Crippen molar-refractivity contribution in [3.63, 3.8) is 0 Å². The van der Waals surface area contributed by atoms with Crippen molar-refractivity contribution in [3.8, 4) is 0 Å².